The van der Waals surface area contributed by atoms with Gasteiger partial charge in [0.25, 0.3) is 0 Å². The first-order chi connectivity index (χ1) is 1.91. The molecule has 0 saturated heterocycles. The summed E-state index contributed by atoms with van der Waals surface area (Å²) in [4.78, 5) is 0. The maximum absolute atomic E-state index is 7.90. The molecule has 0 aromatic rings. The minimum atomic E-state index is 0.369. The van der Waals surface area contributed by atoms with Crippen LogP contribution in [0, 0.1) is 0 Å². The number of hydrogen-bond donors (Lipinski definition) is 1. The van der Waals surface area contributed by atoms with Crippen LogP contribution in [0.3, 0.4) is 0 Å². The van der Waals surface area contributed by atoms with Crippen molar-refractivity contribution < 1.29 is 26.2 Å². The number of aliphatic hydroxyl groups is 1. The Labute approximate surface area is 37.9 Å². The normalized spacial score (nSPS) is 7.25. The Kier molecular flexibility index (Phi) is 4.35. The molecule has 0 aliphatic carbocycles. The first kappa shape index (κ1) is 4.70. The summed E-state index contributed by atoms with van der Waals surface area (Å²) in [5, 5.41) is 7.90. The quantitative estimate of drug-likeness (QED) is 0.664. The molecule has 0 aromatic carbocycles. The molecule has 0 fully saturated rings. The van der Waals surface area contributed by atoms with E-state index in [1.54, 1.807) is 0 Å². The Hall–Kier alpha value is 0.700. The molecule has 4 heavy (non-hydrogen) atoms. The van der Waals surface area contributed by atoms with Crippen molar-refractivity contribution in [2.75, 3.05) is 6.61 Å². The monoisotopic (exact) mass is 226 g/mol. The van der Waals surface area contributed by atoms with E-state index in [-0.39, 0.29) is 0 Å². The molecule has 0 aliphatic heterocycles. The van der Waals surface area contributed by atoms with Crippen LogP contribution < -0.4 is 0 Å². The zero-order chi connectivity index (χ0) is 3.41. The zero-order valence-electron chi connectivity index (χ0n) is 2.31. The molecule has 0 atom stereocenters. The molecule has 0 saturated carbocycles. The SMILES string of the molecule is OC[CH2][Ta]. The van der Waals surface area contributed by atoms with Gasteiger partial charge in [0.15, 0.2) is 0 Å². The van der Waals surface area contributed by atoms with Crippen molar-refractivity contribution in [3.63, 3.8) is 0 Å². The molecule has 0 amide bonds. The molecule has 0 aliphatic rings. The first-order valence-corrected chi connectivity index (χ1v) is 3.40. The number of rotatable bonds is 1. The van der Waals surface area contributed by atoms with Gasteiger partial charge in [0.2, 0.25) is 0 Å². The van der Waals surface area contributed by atoms with E-state index in [0.717, 1.165) is 4.64 Å². The fourth-order valence-corrected chi connectivity index (χ4v) is 0. The summed E-state index contributed by atoms with van der Waals surface area (Å²) < 4.78 is 0.986. The van der Waals surface area contributed by atoms with Crippen LogP contribution in [0.15, 0.2) is 0 Å². The summed E-state index contributed by atoms with van der Waals surface area (Å²) >= 11 is 1.30. The Morgan fingerprint density at radius 2 is 2.00 bits per heavy atom. The van der Waals surface area contributed by atoms with E-state index >= 15 is 0 Å². The summed E-state index contributed by atoms with van der Waals surface area (Å²) in [5.41, 5.74) is 0. The van der Waals surface area contributed by atoms with Crippen LogP contribution in [0.2, 0.25) is 4.64 Å². The third kappa shape index (κ3) is 2.70. The van der Waals surface area contributed by atoms with E-state index in [9.17, 15) is 0 Å². The van der Waals surface area contributed by atoms with Crippen LogP contribution in [-0.4, -0.2) is 11.7 Å². The van der Waals surface area contributed by atoms with Gasteiger partial charge < -0.3 is 0 Å². The second-order valence-corrected chi connectivity index (χ2v) is 2.05. The van der Waals surface area contributed by atoms with Crippen LogP contribution in [0.5, 0.6) is 0 Å². The van der Waals surface area contributed by atoms with Crippen LogP contribution in [-0.2, 0) is 21.1 Å². The molecule has 1 N–H and O–H groups in total. The van der Waals surface area contributed by atoms with Gasteiger partial charge in [-0.1, -0.05) is 0 Å². The molecule has 0 unspecified atom stereocenters. The molecule has 0 radical (unpaired) electrons. The van der Waals surface area contributed by atoms with Crippen molar-refractivity contribution in [3.05, 3.63) is 0 Å². The van der Waals surface area contributed by atoms with Crippen LogP contribution in [0.1, 0.15) is 0 Å². The second-order valence-electron chi connectivity index (χ2n) is 0.447. The summed E-state index contributed by atoms with van der Waals surface area (Å²) in [7, 11) is 0. The van der Waals surface area contributed by atoms with Crippen molar-refractivity contribution in [1.82, 2.24) is 0 Å². The third-order valence-corrected chi connectivity index (χ3v) is 0.819. The van der Waals surface area contributed by atoms with Crippen molar-refractivity contribution in [2.45, 2.75) is 4.64 Å². The van der Waals surface area contributed by atoms with Crippen molar-refractivity contribution in [1.29, 1.82) is 0 Å². The predicted octanol–water partition coefficient (Wildman–Crippen LogP) is -0.0562. The average Bonchev–Trinajstić information content (AvgIpc) is 1.37. The molecular formula is C2H5OTa. The van der Waals surface area contributed by atoms with E-state index in [2.05, 4.69) is 0 Å². The molecule has 24 valence electrons. The number of aliphatic hydroxyl groups excluding tert-OH is 1. The van der Waals surface area contributed by atoms with Crippen LogP contribution in [0.25, 0.3) is 0 Å². The van der Waals surface area contributed by atoms with Gasteiger partial charge >= 0.3 is 37.4 Å². The molecule has 0 heterocycles. The minimum absolute atomic E-state index is 0.369. The van der Waals surface area contributed by atoms with Gasteiger partial charge in [-0.2, -0.15) is 0 Å². The molecular weight excluding hydrogens is 221 g/mol. The Bertz CT molecular complexity index is 8.00. The summed E-state index contributed by atoms with van der Waals surface area (Å²) in [6, 6.07) is 0. The predicted molar refractivity (Wildman–Crippen MR) is 11.9 cm³/mol. The Morgan fingerprint density at radius 3 is 2.00 bits per heavy atom. The standard InChI is InChI=1S/C2H5O.Ta/c1-2-3;/h3H,1-2H2;. The first-order valence-electron chi connectivity index (χ1n) is 1.13. The summed E-state index contributed by atoms with van der Waals surface area (Å²) in [5.74, 6) is 0. The van der Waals surface area contributed by atoms with E-state index < -0.39 is 0 Å². The third-order valence-electron chi connectivity index (χ3n) is 0.1000. The van der Waals surface area contributed by atoms with Gasteiger partial charge in [0.1, 0.15) is 0 Å². The van der Waals surface area contributed by atoms with Gasteiger partial charge in [-0.3, -0.25) is 0 Å². The van der Waals surface area contributed by atoms with Crippen molar-refractivity contribution in [2.24, 2.45) is 0 Å². The second kappa shape index (κ2) is 3.70. The Balaban J connectivity index is 1.97. The van der Waals surface area contributed by atoms with Gasteiger partial charge in [0.05, 0.1) is 0 Å². The molecule has 0 rings (SSSR count). The van der Waals surface area contributed by atoms with Crippen molar-refractivity contribution >= 4 is 0 Å². The number of hydrogen-bond acceptors (Lipinski definition) is 1. The van der Waals surface area contributed by atoms with Gasteiger partial charge in [-0.05, 0) is 0 Å². The molecule has 2 heteroatoms. The van der Waals surface area contributed by atoms with E-state index in [1.165, 1.54) is 21.1 Å². The molecule has 1 nitrogen and oxygen atoms in total. The van der Waals surface area contributed by atoms with Gasteiger partial charge in [-0.25, -0.2) is 0 Å². The fourth-order valence-electron chi connectivity index (χ4n) is 0. The van der Waals surface area contributed by atoms with E-state index in [4.69, 9.17) is 5.11 Å². The fraction of sp³-hybridized carbons (Fsp3) is 1.00. The van der Waals surface area contributed by atoms with Gasteiger partial charge in [-0.15, -0.1) is 0 Å². The topological polar surface area (TPSA) is 20.2 Å². The average molecular weight is 226 g/mol. The van der Waals surface area contributed by atoms with E-state index in [1.807, 2.05) is 0 Å². The molecule has 0 bridgehead atoms. The van der Waals surface area contributed by atoms with Crippen LogP contribution >= 0.6 is 0 Å². The molecule has 0 spiro atoms. The van der Waals surface area contributed by atoms with E-state index in [0.29, 0.717) is 6.61 Å². The maximum atomic E-state index is 7.90. The molecule has 0 aromatic heterocycles. The summed E-state index contributed by atoms with van der Waals surface area (Å²) in [6.07, 6.45) is 0. The summed E-state index contributed by atoms with van der Waals surface area (Å²) in [6.45, 7) is 0.369. The Morgan fingerprint density at radius 1 is 1.75 bits per heavy atom. The van der Waals surface area contributed by atoms with Gasteiger partial charge in [0, 0.05) is 0 Å². The van der Waals surface area contributed by atoms with Crippen molar-refractivity contribution in [3.8, 4) is 0 Å². The zero-order valence-corrected chi connectivity index (χ0v) is 5.52. The van der Waals surface area contributed by atoms with Crippen LogP contribution in [0.4, 0.5) is 0 Å².